The number of ketones is 1. The summed E-state index contributed by atoms with van der Waals surface area (Å²) in [5.74, 6) is -0.602. The van der Waals surface area contributed by atoms with Gasteiger partial charge in [0.15, 0.2) is 6.61 Å². The summed E-state index contributed by atoms with van der Waals surface area (Å²) >= 11 is 0. The summed E-state index contributed by atoms with van der Waals surface area (Å²) in [6, 6.07) is 5.49. The molecule has 0 heterocycles. The van der Waals surface area contributed by atoms with E-state index in [2.05, 4.69) is 4.74 Å². The highest BCUT2D eigenvalue weighted by molar-refractivity contribution is 6.00. The third-order valence-electron chi connectivity index (χ3n) is 1.68. The molecule has 0 aromatic heterocycles. The van der Waals surface area contributed by atoms with E-state index < -0.39 is 17.3 Å². The maximum absolute atomic E-state index is 11.3. The average molecular weight is 209 g/mol. The summed E-state index contributed by atoms with van der Waals surface area (Å²) in [5.41, 5.74) is -0.360. The number of hydrogen-bond acceptors (Lipinski definition) is 5. The van der Waals surface area contributed by atoms with Crippen LogP contribution in [0.25, 0.3) is 0 Å². The third kappa shape index (κ3) is 2.60. The molecule has 6 nitrogen and oxygen atoms in total. The minimum Gasteiger partial charge on any atom is -0.459 e. The van der Waals surface area contributed by atoms with Gasteiger partial charge in [0.2, 0.25) is 5.78 Å². The first-order valence-corrected chi connectivity index (χ1v) is 3.98. The lowest BCUT2D eigenvalue weighted by molar-refractivity contribution is -0.385. The van der Waals surface area contributed by atoms with Gasteiger partial charge >= 0.3 is 0 Å². The summed E-state index contributed by atoms with van der Waals surface area (Å²) in [5, 5.41) is 10.5. The fraction of sp³-hybridized carbons (Fsp3) is 0.111. The number of nitro groups is 1. The van der Waals surface area contributed by atoms with Gasteiger partial charge in [-0.2, -0.15) is 0 Å². The molecule has 0 saturated heterocycles. The van der Waals surface area contributed by atoms with Crippen LogP contribution in [0.5, 0.6) is 0 Å². The van der Waals surface area contributed by atoms with Crippen LogP contribution in [0, 0.1) is 10.1 Å². The SMILES string of the molecule is O=COCC(=O)c1ccccc1[N+](=O)[O-]. The Bertz CT molecular complexity index is 401. The molecule has 0 unspecified atom stereocenters. The van der Waals surface area contributed by atoms with Gasteiger partial charge in [-0.3, -0.25) is 19.7 Å². The second-order valence-corrected chi connectivity index (χ2v) is 2.60. The molecule has 0 bridgehead atoms. The molecule has 1 aromatic carbocycles. The molecule has 0 saturated carbocycles. The maximum Gasteiger partial charge on any atom is 0.293 e. The van der Waals surface area contributed by atoms with Crippen LogP contribution in [0.15, 0.2) is 24.3 Å². The van der Waals surface area contributed by atoms with E-state index in [1.807, 2.05) is 0 Å². The normalized spacial score (nSPS) is 9.33. The molecule has 0 atom stereocenters. The summed E-state index contributed by atoms with van der Waals surface area (Å²) in [6.45, 7) is -0.374. The van der Waals surface area contributed by atoms with Crippen LogP contribution in [0.2, 0.25) is 0 Å². The van der Waals surface area contributed by atoms with Crippen LogP contribution in [-0.2, 0) is 9.53 Å². The van der Waals surface area contributed by atoms with Gasteiger partial charge in [-0.05, 0) is 6.07 Å². The lowest BCUT2D eigenvalue weighted by Gasteiger charge is -2.00. The van der Waals surface area contributed by atoms with E-state index in [0.29, 0.717) is 0 Å². The van der Waals surface area contributed by atoms with Crippen molar-refractivity contribution in [3.05, 3.63) is 39.9 Å². The molecule has 0 aliphatic rings. The molecule has 0 fully saturated rings. The van der Waals surface area contributed by atoms with Crippen LogP contribution >= 0.6 is 0 Å². The molecule has 1 aromatic rings. The van der Waals surface area contributed by atoms with Crippen molar-refractivity contribution in [2.24, 2.45) is 0 Å². The Morgan fingerprint density at radius 2 is 2.13 bits per heavy atom. The van der Waals surface area contributed by atoms with Crippen LogP contribution in [0.4, 0.5) is 5.69 Å². The van der Waals surface area contributed by atoms with E-state index in [9.17, 15) is 19.7 Å². The van der Waals surface area contributed by atoms with E-state index in [-0.39, 0.29) is 17.7 Å². The summed E-state index contributed by atoms with van der Waals surface area (Å²) in [6.07, 6.45) is 0. The molecule has 6 heteroatoms. The summed E-state index contributed by atoms with van der Waals surface area (Å²) < 4.78 is 4.23. The van der Waals surface area contributed by atoms with E-state index >= 15 is 0 Å². The Morgan fingerprint density at radius 1 is 1.47 bits per heavy atom. The number of carbonyl (C=O) groups excluding carboxylic acids is 2. The van der Waals surface area contributed by atoms with E-state index in [1.54, 1.807) is 0 Å². The van der Waals surface area contributed by atoms with Crippen LogP contribution in [-0.4, -0.2) is 23.8 Å². The Hall–Kier alpha value is -2.24. The van der Waals surface area contributed by atoms with Gasteiger partial charge in [0, 0.05) is 6.07 Å². The minimum atomic E-state index is -0.659. The van der Waals surface area contributed by atoms with Gasteiger partial charge in [-0.25, -0.2) is 0 Å². The van der Waals surface area contributed by atoms with Crippen molar-refractivity contribution in [3.63, 3.8) is 0 Å². The minimum absolute atomic E-state index is 0.0654. The molecule has 78 valence electrons. The number of hydrogen-bond donors (Lipinski definition) is 0. The Kier molecular flexibility index (Phi) is 3.50. The molecule has 0 spiro atoms. The first-order chi connectivity index (χ1) is 7.16. The monoisotopic (exact) mass is 209 g/mol. The van der Waals surface area contributed by atoms with Crippen molar-refractivity contribution in [1.82, 2.24) is 0 Å². The molecule has 1 rings (SSSR count). The molecule has 0 radical (unpaired) electrons. The fourth-order valence-electron chi connectivity index (χ4n) is 1.06. The zero-order valence-corrected chi connectivity index (χ0v) is 7.58. The van der Waals surface area contributed by atoms with Crippen LogP contribution in [0.1, 0.15) is 10.4 Å². The quantitative estimate of drug-likeness (QED) is 0.312. The molecule has 0 aliphatic carbocycles. The van der Waals surface area contributed by atoms with Gasteiger partial charge in [-0.15, -0.1) is 0 Å². The highest BCUT2D eigenvalue weighted by atomic mass is 16.6. The lowest BCUT2D eigenvalue weighted by atomic mass is 10.1. The standard InChI is InChI=1S/C9H7NO5/c11-6-15-5-9(12)7-3-1-2-4-8(7)10(13)14/h1-4,6H,5H2. The molecule has 0 aliphatic heterocycles. The Morgan fingerprint density at radius 3 is 2.73 bits per heavy atom. The van der Waals surface area contributed by atoms with Gasteiger partial charge < -0.3 is 4.74 Å². The van der Waals surface area contributed by atoms with Crippen LogP contribution in [0.3, 0.4) is 0 Å². The Labute approximate surface area is 84.6 Å². The number of carbonyl (C=O) groups is 2. The zero-order valence-electron chi connectivity index (χ0n) is 7.58. The second-order valence-electron chi connectivity index (χ2n) is 2.60. The van der Waals surface area contributed by atoms with Gasteiger partial charge in [0.1, 0.15) is 0 Å². The summed E-state index contributed by atoms with van der Waals surface area (Å²) in [7, 11) is 0. The highest BCUT2D eigenvalue weighted by Gasteiger charge is 2.18. The lowest BCUT2D eigenvalue weighted by Crippen LogP contribution is -2.10. The number of nitro benzene ring substituents is 1. The van der Waals surface area contributed by atoms with Gasteiger partial charge in [-0.1, -0.05) is 12.1 Å². The molecular formula is C9H7NO5. The van der Waals surface area contributed by atoms with Crippen molar-refractivity contribution in [3.8, 4) is 0 Å². The summed E-state index contributed by atoms with van der Waals surface area (Å²) in [4.78, 5) is 31.1. The third-order valence-corrected chi connectivity index (χ3v) is 1.68. The van der Waals surface area contributed by atoms with E-state index in [0.717, 1.165) is 0 Å². The topological polar surface area (TPSA) is 86.5 Å². The van der Waals surface area contributed by atoms with Crippen LogP contribution < -0.4 is 0 Å². The van der Waals surface area contributed by atoms with E-state index in [1.165, 1.54) is 24.3 Å². The van der Waals surface area contributed by atoms with E-state index in [4.69, 9.17) is 0 Å². The maximum atomic E-state index is 11.3. The number of rotatable bonds is 5. The number of para-hydroxylation sites is 1. The number of benzene rings is 1. The first kappa shape index (κ1) is 10.8. The molecule has 15 heavy (non-hydrogen) atoms. The van der Waals surface area contributed by atoms with Crippen molar-refractivity contribution in [1.29, 1.82) is 0 Å². The second kappa shape index (κ2) is 4.85. The molecular weight excluding hydrogens is 202 g/mol. The average Bonchev–Trinajstić information content (AvgIpc) is 2.25. The zero-order chi connectivity index (χ0) is 11.3. The number of nitrogens with zero attached hydrogens (tertiary/aromatic N) is 1. The number of ether oxygens (including phenoxy) is 1. The Balaban J connectivity index is 2.97. The first-order valence-electron chi connectivity index (χ1n) is 3.98. The van der Waals surface area contributed by atoms with Gasteiger partial charge in [0.25, 0.3) is 12.2 Å². The molecule has 0 N–H and O–H groups in total. The van der Waals surface area contributed by atoms with Crippen molar-refractivity contribution in [2.75, 3.05) is 6.61 Å². The smallest absolute Gasteiger partial charge is 0.293 e. The molecule has 0 amide bonds. The van der Waals surface area contributed by atoms with Crippen molar-refractivity contribution >= 4 is 17.9 Å². The van der Waals surface area contributed by atoms with Gasteiger partial charge in [0.05, 0.1) is 10.5 Å². The fourth-order valence-corrected chi connectivity index (χ4v) is 1.06. The predicted molar refractivity (Wildman–Crippen MR) is 49.4 cm³/mol. The number of Topliss-reactive ketones (excluding diaryl/α,β-unsaturated/α-hetero) is 1. The highest BCUT2D eigenvalue weighted by Crippen LogP contribution is 2.17. The van der Waals surface area contributed by atoms with Crippen molar-refractivity contribution < 1.29 is 19.2 Å². The van der Waals surface area contributed by atoms with Crippen molar-refractivity contribution in [2.45, 2.75) is 0 Å². The predicted octanol–water partition coefficient (Wildman–Crippen LogP) is 0.951. The largest absolute Gasteiger partial charge is 0.459 e.